The summed E-state index contributed by atoms with van der Waals surface area (Å²) < 4.78 is 7.42. The normalized spacial score (nSPS) is 16.9. The van der Waals surface area contributed by atoms with Crippen molar-refractivity contribution >= 4 is 11.6 Å². The van der Waals surface area contributed by atoms with Crippen molar-refractivity contribution in [2.45, 2.75) is 25.7 Å². The van der Waals surface area contributed by atoms with Crippen molar-refractivity contribution in [2.75, 3.05) is 12.4 Å². The molecule has 0 spiro atoms. The molecule has 1 atom stereocenters. The van der Waals surface area contributed by atoms with E-state index in [0.29, 0.717) is 17.8 Å². The maximum Gasteiger partial charge on any atom is 0.169 e. The van der Waals surface area contributed by atoms with Crippen LogP contribution >= 0.6 is 0 Å². The van der Waals surface area contributed by atoms with Crippen molar-refractivity contribution in [3.05, 3.63) is 65.2 Å². The maximum atomic E-state index is 12.7. The Morgan fingerprint density at radius 1 is 1.21 bits per heavy atom. The van der Waals surface area contributed by atoms with E-state index in [4.69, 9.17) is 4.42 Å². The van der Waals surface area contributed by atoms with Crippen molar-refractivity contribution in [3.8, 4) is 5.69 Å². The van der Waals surface area contributed by atoms with Gasteiger partial charge in [-0.2, -0.15) is 0 Å². The van der Waals surface area contributed by atoms with Crippen LogP contribution in [0.25, 0.3) is 5.69 Å². The van der Waals surface area contributed by atoms with Crippen molar-refractivity contribution in [3.63, 3.8) is 0 Å². The average molecular weight is 321 g/mol. The van der Waals surface area contributed by atoms with E-state index in [-0.39, 0.29) is 11.7 Å². The minimum atomic E-state index is 0.0607. The fraction of sp³-hybridized carbons (Fsp3) is 0.263. The van der Waals surface area contributed by atoms with E-state index in [1.54, 1.807) is 13.3 Å². The van der Waals surface area contributed by atoms with Gasteiger partial charge in [0, 0.05) is 25.8 Å². The lowest BCUT2D eigenvalue weighted by Crippen LogP contribution is -2.20. The van der Waals surface area contributed by atoms with Crippen LogP contribution < -0.4 is 5.32 Å². The third-order valence-electron chi connectivity index (χ3n) is 4.59. The molecule has 1 aliphatic rings. The first-order valence-electron chi connectivity index (χ1n) is 8.10. The molecule has 2 aromatic heterocycles. The molecule has 5 nitrogen and oxygen atoms in total. The summed E-state index contributed by atoms with van der Waals surface area (Å²) in [6, 6.07) is 12.0. The largest absolute Gasteiger partial charge is 0.469 e. The van der Waals surface area contributed by atoms with Gasteiger partial charge in [-0.1, -0.05) is 17.7 Å². The van der Waals surface area contributed by atoms with E-state index in [0.717, 1.165) is 23.6 Å². The molecule has 0 radical (unpaired) electrons. The number of fused-ring (bicyclic) bond motifs is 1. The number of anilines is 1. The molecular weight excluding hydrogens is 302 g/mol. The van der Waals surface area contributed by atoms with Gasteiger partial charge in [-0.3, -0.25) is 4.79 Å². The second-order valence-corrected chi connectivity index (χ2v) is 6.21. The molecule has 0 saturated carbocycles. The van der Waals surface area contributed by atoms with Crippen molar-refractivity contribution < 1.29 is 9.21 Å². The van der Waals surface area contributed by atoms with Crippen LogP contribution in [0.4, 0.5) is 5.82 Å². The highest BCUT2D eigenvalue weighted by Gasteiger charge is 2.34. The Hall–Kier alpha value is -2.82. The zero-order valence-corrected chi connectivity index (χ0v) is 13.7. The third-order valence-corrected chi connectivity index (χ3v) is 4.59. The Labute approximate surface area is 140 Å². The molecule has 122 valence electrons. The zero-order valence-electron chi connectivity index (χ0n) is 13.7. The number of furan rings is 1. The summed E-state index contributed by atoms with van der Waals surface area (Å²) in [5.41, 5.74) is 3.81. The number of Topliss-reactive ketones (excluding diaryl/α,β-unsaturated/α-hetero) is 1. The zero-order chi connectivity index (χ0) is 16.7. The molecule has 0 saturated heterocycles. The first kappa shape index (κ1) is 14.8. The molecular formula is C19H19N3O2. The van der Waals surface area contributed by atoms with Gasteiger partial charge in [-0.25, -0.2) is 4.68 Å². The third kappa shape index (κ3) is 2.33. The van der Waals surface area contributed by atoms with Gasteiger partial charge in [0.15, 0.2) is 11.6 Å². The molecule has 1 N–H and O–H groups in total. The molecule has 3 aromatic rings. The number of aryl methyl sites for hydroxylation is 1. The van der Waals surface area contributed by atoms with Gasteiger partial charge in [-0.15, -0.1) is 5.10 Å². The maximum absolute atomic E-state index is 12.7. The first-order valence-corrected chi connectivity index (χ1v) is 8.10. The van der Waals surface area contributed by atoms with Crippen LogP contribution in [-0.4, -0.2) is 22.6 Å². The van der Waals surface area contributed by atoms with Gasteiger partial charge in [0.25, 0.3) is 0 Å². The van der Waals surface area contributed by atoms with Gasteiger partial charge < -0.3 is 9.73 Å². The molecule has 2 heterocycles. The second kappa shape index (κ2) is 5.67. The molecule has 4 rings (SSSR count). The molecule has 0 fully saturated rings. The van der Waals surface area contributed by atoms with E-state index in [1.807, 2.05) is 28.9 Å². The Balaban J connectivity index is 1.83. The van der Waals surface area contributed by atoms with Gasteiger partial charge in [-0.05, 0) is 31.2 Å². The number of benzene rings is 1. The van der Waals surface area contributed by atoms with Crippen LogP contribution in [0.15, 0.2) is 47.1 Å². The predicted molar refractivity (Wildman–Crippen MR) is 91.9 cm³/mol. The van der Waals surface area contributed by atoms with E-state index < -0.39 is 0 Å². The number of carbonyl (C=O) groups is 1. The van der Waals surface area contributed by atoms with E-state index in [1.165, 1.54) is 5.56 Å². The Kier molecular flexibility index (Phi) is 3.49. The number of ketones is 1. The minimum Gasteiger partial charge on any atom is -0.469 e. The topological polar surface area (TPSA) is 60.1 Å². The van der Waals surface area contributed by atoms with Crippen LogP contribution in [0.3, 0.4) is 0 Å². The molecule has 24 heavy (non-hydrogen) atoms. The van der Waals surface area contributed by atoms with E-state index in [9.17, 15) is 4.79 Å². The molecule has 0 aliphatic heterocycles. The minimum absolute atomic E-state index is 0.0607. The summed E-state index contributed by atoms with van der Waals surface area (Å²) in [6.45, 7) is 2.05. The smallest absolute Gasteiger partial charge is 0.169 e. The molecule has 0 amide bonds. The lowest BCUT2D eigenvalue weighted by atomic mass is 9.85. The number of rotatable bonds is 3. The molecule has 1 aliphatic carbocycles. The van der Waals surface area contributed by atoms with Crippen LogP contribution in [0, 0.1) is 6.92 Å². The molecule has 1 aromatic carbocycles. The summed E-state index contributed by atoms with van der Waals surface area (Å²) >= 11 is 0. The number of nitrogens with one attached hydrogen (secondary N) is 1. The summed E-state index contributed by atoms with van der Waals surface area (Å²) in [5.74, 6) is 1.68. The molecule has 0 unspecified atom stereocenters. The summed E-state index contributed by atoms with van der Waals surface area (Å²) in [6.07, 6.45) is 2.84. The van der Waals surface area contributed by atoms with Crippen molar-refractivity contribution in [1.29, 1.82) is 0 Å². The van der Waals surface area contributed by atoms with E-state index >= 15 is 0 Å². The standard InChI is InChI=1S/C19H19N3O2/c1-12-5-7-14(8-6-12)22-15-10-13(17-4-3-9-24-17)11-16(23)18(15)19(20-2)21-22/h3-9,13H,10-11H2,1-2H3,(H,20,21)/t13-/m1/s1. The lowest BCUT2D eigenvalue weighted by molar-refractivity contribution is 0.0960. The quantitative estimate of drug-likeness (QED) is 0.798. The summed E-state index contributed by atoms with van der Waals surface area (Å²) in [5, 5.41) is 7.69. The fourth-order valence-electron chi connectivity index (χ4n) is 3.37. The first-order chi connectivity index (χ1) is 11.7. The highest BCUT2D eigenvalue weighted by Crippen LogP contribution is 2.37. The van der Waals surface area contributed by atoms with Crippen molar-refractivity contribution in [1.82, 2.24) is 9.78 Å². The SMILES string of the molecule is CNc1nn(-c2ccc(C)cc2)c2c1C(=O)C[C@H](c1ccco1)C2. The second-order valence-electron chi connectivity index (χ2n) is 6.21. The summed E-state index contributed by atoms with van der Waals surface area (Å²) in [7, 11) is 1.80. The van der Waals surface area contributed by atoms with Crippen LogP contribution in [0.2, 0.25) is 0 Å². The number of hydrogen-bond donors (Lipinski definition) is 1. The number of hydrogen-bond acceptors (Lipinski definition) is 4. The number of carbonyl (C=O) groups excluding carboxylic acids is 1. The number of nitrogens with zero attached hydrogens (tertiary/aromatic N) is 2. The fourth-order valence-corrected chi connectivity index (χ4v) is 3.37. The number of aromatic nitrogens is 2. The summed E-state index contributed by atoms with van der Waals surface area (Å²) in [4.78, 5) is 12.7. The monoisotopic (exact) mass is 321 g/mol. The van der Waals surface area contributed by atoms with Gasteiger partial charge >= 0.3 is 0 Å². The Morgan fingerprint density at radius 2 is 2.00 bits per heavy atom. The molecule has 5 heteroatoms. The van der Waals surface area contributed by atoms with Gasteiger partial charge in [0.05, 0.1) is 23.2 Å². The highest BCUT2D eigenvalue weighted by atomic mass is 16.3. The van der Waals surface area contributed by atoms with Crippen LogP contribution in [0.1, 0.15) is 39.7 Å². The Bertz CT molecular complexity index is 876. The van der Waals surface area contributed by atoms with E-state index in [2.05, 4.69) is 29.5 Å². The van der Waals surface area contributed by atoms with Gasteiger partial charge in [0.1, 0.15) is 5.76 Å². The van der Waals surface area contributed by atoms with Crippen LogP contribution in [-0.2, 0) is 6.42 Å². The molecule has 0 bridgehead atoms. The van der Waals surface area contributed by atoms with Crippen LogP contribution in [0.5, 0.6) is 0 Å². The lowest BCUT2D eigenvalue weighted by Gasteiger charge is -2.21. The predicted octanol–water partition coefficient (Wildman–Crippen LogP) is 3.73. The van der Waals surface area contributed by atoms with Gasteiger partial charge in [0.2, 0.25) is 0 Å². The van der Waals surface area contributed by atoms with Crippen molar-refractivity contribution in [2.24, 2.45) is 0 Å². The average Bonchev–Trinajstić information content (AvgIpc) is 3.23. The highest BCUT2D eigenvalue weighted by molar-refractivity contribution is 6.03. The Morgan fingerprint density at radius 3 is 2.67 bits per heavy atom.